The molecule has 2 aromatic rings. The fraction of sp³-hybridized carbons (Fsp3) is 0.143. The van der Waals surface area contributed by atoms with Crippen LogP contribution in [0, 0.1) is 17.5 Å². The molecule has 1 atom stereocenters. The van der Waals surface area contributed by atoms with Gasteiger partial charge in [0.2, 0.25) is 0 Å². The van der Waals surface area contributed by atoms with Crippen LogP contribution in [0.1, 0.15) is 17.2 Å². The number of hydrogen-bond donors (Lipinski definition) is 1. The molecule has 1 N–H and O–H groups in total. The Bertz CT molecular complexity index is 579. The summed E-state index contributed by atoms with van der Waals surface area (Å²) in [7, 11) is 1.30. The van der Waals surface area contributed by atoms with E-state index in [0.29, 0.717) is 0 Å². The Labute approximate surface area is 108 Å². The molecule has 1 unspecified atom stereocenters. The Morgan fingerprint density at radius 3 is 2.16 bits per heavy atom. The lowest BCUT2D eigenvalue weighted by atomic mass is 10.0. The minimum Gasteiger partial charge on any atom is -0.494 e. The van der Waals surface area contributed by atoms with Gasteiger partial charge in [0.1, 0.15) is 17.7 Å². The van der Waals surface area contributed by atoms with Crippen molar-refractivity contribution in [2.75, 3.05) is 7.11 Å². The standard InChI is InChI=1S/C14H11F3O2/c1-19-12-6-5-8(7-11(12)17)14(18)13-9(15)3-2-4-10(13)16/h2-7,14,18H,1H3. The maximum Gasteiger partial charge on any atom is 0.165 e. The summed E-state index contributed by atoms with van der Waals surface area (Å²) in [5, 5.41) is 9.95. The minimum atomic E-state index is -1.58. The predicted octanol–water partition coefficient (Wildman–Crippen LogP) is 3.19. The third kappa shape index (κ3) is 2.56. The Kier molecular flexibility index (Phi) is 3.76. The second kappa shape index (κ2) is 5.32. The van der Waals surface area contributed by atoms with Gasteiger partial charge >= 0.3 is 0 Å². The van der Waals surface area contributed by atoms with Gasteiger partial charge in [0.25, 0.3) is 0 Å². The van der Waals surface area contributed by atoms with Gasteiger partial charge in [-0.05, 0) is 29.8 Å². The largest absolute Gasteiger partial charge is 0.494 e. The molecule has 0 bridgehead atoms. The Morgan fingerprint density at radius 1 is 1.00 bits per heavy atom. The molecule has 19 heavy (non-hydrogen) atoms. The number of ether oxygens (including phenoxy) is 1. The first kappa shape index (κ1) is 13.4. The summed E-state index contributed by atoms with van der Waals surface area (Å²) in [6, 6.07) is 6.86. The van der Waals surface area contributed by atoms with E-state index in [4.69, 9.17) is 4.74 Å². The van der Waals surface area contributed by atoms with Crippen molar-refractivity contribution in [3.63, 3.8) is 0 Å². The molecule has 100 valence electrons. The van der Waals surface area contributed by atoms with Gasteiger partial charge in [0.15, 0.2) is 11.6 Å². The first-order chi connectivity index (χ1) is 9.04. The fourth-order valence-electron chi connectivity index (χ4n) is 1.79. The van der Waals surface area contributed by atoms with Crippen molar-refractivity contribution in [1.29, 1.82) is 0 Å². The summed E-state index contributed by atoms with van der Waals surface area (Å²) >= 11 is 0. The van der Waals surface area contributed by atoms with Gasteiger partial charge in [-0.3, -0.25) is 0 Å². The molecule has 0 aromatic heterocycles. The average Bonchev–Trinajstić information content (AvgIpc) is 2.38. The predicted molar refractivity (Wildman–Crippen MR) is 63.4 cm³/mol. The number of benzene rings is 2. The summed E-state index contributed by atoms with van der Waals surface area (Å²) < 4.78 is 45.3. The summed E-state index contributed by atoms with van der Waals surface area (Å²) in [6.07, 6.45) is -1.58. The van der Waals surface area contributed by atoms with Crippen LogP contribution in [-0.2, 0) is 0 Å². The molecule has 0 saturated heterocycles. The van der Waals surface area contributed by atoms with E-state index >= 15 is 0 Å². The third-order valence-corrected chi connectivity index (χ3v) is 2.76. The maximum absolute atomic E-state index is 13.5. The van der Waals surface area contributed by atoms with E-state index in [-0.39, 0.29) is 11.3 Å². The number of aliphatic hydroxyl groups excluding tert-OH is 1. The van der Waals surface area contributed by atoms with Gasteiger partial charge < -0.3 is 9.84 Å². The third-order valence-electron chi connectivity index (χ3n) is 2.76. The highest BCUT2D eigenvalue weighted by molar-refractivity contribution is 5.36. The van der Waals surface area contributed by atoms with Gasteiger partial charge in [-0.15, -0.1) is 0 Å². The van der Waals surface area contributed by atoms with Crippen LogP contribution in [0.4, 0.5) is 13.2 Å². The average molecular weight is 268 g/mol. The Balaban J connectivity index is 2.44. The molecule has 0 heterocycles. The highest BCUT2D eigenvalue weighted by Gasteiger charge is 2.20. The van der Waals surface area contributed by atoms with Crippen LogP contribution in [0.25, 0.3) is 0 Å². The normalized spacial score (nSPS) is 12.3. The lowest BCUT2D eigenvalue weighted by Gasteiger charge is -2.14. The van der Waals surface area contributed by atoms with Gasteiger partial charge in [0, 0.05) is 0 Å². The quantitative estimate of drug-likeness (QED) is 0.926. The van der Waals surface area contributed by atoms with Crippen LogP contribution >= 0.6 is 0 Å². The highest BCUT2D eigenvalue weighted by atomic mass is 19.1. The second-order valence-electron chi connectivity index (χ2n) is 3.93. The van der Waals surface area contributed by atoms with Crippen LogP contribution in [0.5, 0.6) is 5.75 Å². The molecule has 2 rings (SSSR count). The zero-order valence-corrected chi connectivity index (χ0v) is 10.0. The molecule has 0 amide bonds. The molecule has 0 aliphatic carbocycles. The lowest BCUT2D eigenvalue weighted by molar-refractivity contribution is 0.208. The fourth-order valence-corrected chi connectivity index (χ4v) is 1.79. The van der Waals surface area contributed by atoms with Crippen molar-refractivity contribution in [2.24, 2.45) is 0 Å². The van der Waals surface area contributed by atoms with Crippen molar-refractivity contribution < 1.29 is 23.0 Å². The topological polar surface area (TPSA) is 29.5 Å². The molecule has 0 aliphatic heterocycles. The number of methoxy groups -OCH3 is 1. The number of rotatable bonds is 3. The Morgan fingerprint density at radius 2 is 1.63 bits per heavy atom. The summed E-state index contributed by atoms with van der Waals surface area (Å²) in [6.45, 7) is 0. The van der Waals surface area contributed by atoms with Crippen molar-refractivity contribution in [2.45, 2.75) is 6.10 Å². The van der Waals surface area contributed by atoms with Crippen molar-refractivity contribution in [3.05, 3.63) is 65.0 Å². The van der Waals surface area contributed by atoms with E-state index in [1.54, 1.807) is 0 Å². The van der Waals surface area contributed by atoms with Crippen LogP contribution in [0.2, 0.25) is 0 Å². The summed E-state index contributed by atoms with van der Waals surface area (Å²) in [5.41, 5.74) is -0.464. The first-order valence-corrected chi connectivity index (χ1v) is 5.50. The zero-order chi connectivity index (χ0) is 14.0. The molecular formula is C14H11F3O2. The first-order valence-electron chi connectivity index (χ1n) is 5.50. The van der Waals surface area contributed by atoms with Crippen molar-refractivity contribution in [1.82, 2.24) is 0 Å². The van der Waals surface area contributed by atoms with E-state index in [1.165, 1.54) is 25.3 Å². The molecule has 2 aromatic carbocycles. The van der Waals surface area contributed by atoms with E-state index in [2.05, 4.69) is 0 Å². The molecule has 0 aliphatic rings. The van der Waals surface area contributed by atoms with Crippen molar-refractivity contribution >= 4 is 0 Å². The number of aliphatic hydroxyl groups is 1. The molecule has 0 spiro atoms. The molecule has 0 saturated carbocycles. The Hall–Kier alpha value is -2.01. The number of hydrogen-bond acceptors (Lipinski definition) is 2. The van der Waals surface area contributed by atoms with E-state index in [9.17, 15) is 18.3 Å². The second-order valence-corrected chi connectivity index (χ2v) is 3.93. The van der Waals surface area contributed by atoms with Crippen molar-refractivity contribution in [3.8, 4) is 5.75 Å². The molecule has 0 radical (unpaired) electrons. The van der Waals surface area contributed by atoms with E-state index < -0.39 is 29.1 Å². The summed E-state index contributed by atoms with van der Waals surface area (Å²) in [5.74, 6) is -2.49. The smallest absolute Gasteiger partial charge is 0.165 e. The molecule has 0 fully saturated rings. The molecule has 2 nitrogen and oxygen atoms in total. The van der Waals surface area contributed by atoms with Gasteiger partial charge in [-0.2, -0.15) is 0 Å². The maximum atomic E-state index is 13.5. The van der Waals surface area contributed by atoms with Crippen LogP contribution in [0.3, 0.4) is 0 Å². The van der Waals surface area contributed by atoms with E-state index in [1.807, 2.05) is 0 Å². The van der Waals surface area contributed by atoms with Gasteiger partial charge in [-0.25, -0.2) is 13.2 Å². The van der Waals surface area contributed by atoms with Crippen LogP contribution in [-0.4, -0.2) is 12.2 Å². The van der Waals surface area contributed by atoms with Gasteiger partial charge in [-0.1, -0.05) is 12.1 Å². The minimum absolute atomic E-state index is 0.00930. The SMILES string of the molecule is COc1ccc(C(O)c2c(F)cccc2F)cc1F. The molecular weight excluding hydrogens is 257 g/mol. The summed E-state index contributed by atoms with van der Waals surface area (Å²) in [4.78, 5) is 0. The van der Waals surface area contributed by atoms with Crippen LogP contribution in [0.15, 0.2) is 36.4 Å². The van der Waals surface area contributed by atoms with Gasteiger partial charge in [0.05, 0.1) is 12.7 Å². The monoisotopic (exact) mass is 268 g/mol. The molecule has 5 heteroatoms. The highest BCUT2D eigenvalue weighted by Crippen LogP contribution is 2.29. The lowest BCUT2D eigenvalue weighted by Crippen LogP contribution is -2.06. The zero-order valence-electron chi connectivity index (χ0n) is 10.0. The van der Waals surface area contributed by atoms with Crippen LogP contribution < -0.4 is 4.74 Å². The number of halogens is 3. The van der Waals surface area contributed by atoms with E-state index in [0.717, 1.165) is 18.2 Å².